The minimum absolute atomic E-state index is 0.0254. The molecule has 2 saturated heterocycles. The zero-order chi connectivity index (χ0) is 15.7. The first-order valence-corrected chi connectivity index (χ1v) is 9.65. The van der Waals surface area contributed by atoms with Crippen LogP contribution in [0.1, 0.15) is 25.8 Å². The highest BCUT2D eigenvalue weighted by Gasteiger charge is 2.49. The Morgan fingerprint density at radius 3 is 2.91 bits per heavy atom. The first-order chi connectivity index (χ1) is 10.5. The van der Waals surface area contributed by atoms with Crippen LogP contribution in [-0.2, 0) is 21.2 Å². The summed E-state index contributed by atoms with van der Waals surface area (Å²) in [6.45, 7) is 6.21. The van der Waals surface area contributed by atoms with Crippen molar-refractivity contribution in [2.24, 2.45) is 5.92 Å². The minimum Gasteiger partial charge on any atom is -0.373 e. The fourth-order valence-electron chi connectivity index (χ4n) is 3.53. The molecule has 22 heavy (non-hydrogen) atoms. The highest BCUT2D eigenvalue weighted by molar-refractivity contribution is 7.92. The van der Waals surface area contributed by atoms with Crippen molar-refractivity contribution in [2.45, 2.75) is 44.3 Å². The number of aromatic nitrogens is 1. The van der Waals surface area contributed by atoms with Crippen LogP contribution in [0.4, 0.5) is 0 Å². The van der Waals surface area contributed by atoms with Gasteiger partial charge >= 0.3 is 0 Å². The molecule has 0 unspecified atom stereocenters. The predicted molar refractivity (Wildman–Crippen MR) is 85.2 cm³/mol. The molecule has 0 aromatic carbocycles. The third-order valence-corrected chi connectivity index (χ3v) is 7.11. The second kappa shape index (κ2) is 6.26. The van der Waals surface area contributed by atoms with E-state index in [0.29, 0.717) is 25.6 Å². The quantitative estimate of drug-likeness (QED) is 0.840. The standard InChI is InChI=1S/C16H24N2O3S/c1-12(2)18-9-14-15(5-7-22(19,20)16(14)10-18)21-11-13-4-3-6-17-8-13/h3-4,6,8,12,14-16H,5,7,9-11H2,1-2H3/t14-,15+,16-/m1/s1. The number of rotatable bonds is 4. The van der Waals surface area contributed by atoms with Gasteiger partial charge in [-0.1, -0.05) is 6.07 Å². The fraction of sp³-hybridized carbons (Fsp3) is 0.688. The molecule has 0 radical (unpaired) electrons. The molecule has 0 aliphatic carbocycles. The molecule has 122 valence electrons. The van der Waals surface area contributed by atoms with E-state index in [9.17, 15) is 8.42 Å². The molecule has 3 atom stereocenters. The summed E-state index contributed by atoms with van der Waals surface area (Å²) in [7, 11) is -2.98. The van der Waals surface area contributed by atoms with Crippen LogP contribution < -0.4 is 0 Å². The number of nitrogens with zero attached hydrogens (tertiary/aromatic N) is 2. The molecule has 0 saturated carbocycles. The summed E-state index contributed by atoms with van der Waals surface area (Å²) in [4.78, 5) is 6.35. The molecule has 2 aliphatic heterocycles. The fourth-order valence-corrected chi connectivity index (χ4v) is 5.60. The van der Waals surface area contributed by atoms with Gasteiger partial charge in [-0.3, -0.25) is 9.88 Å². The van der Waals surface area contributed by atoms with Crippen molar-refractivity contribution < 1.29 is 13.2 Å². The third-order valence-electron chi connectivity index (χ3n) is 4.88. The normalized spacial score (nSPS) is 31.3. The molecule has 0 N–H and O–H groups in total. The Labute approximate surface area is 132 Å². The van der Waals surface area contributed by atoms with Gasteiger partial charge in [-0.2, -0.15) is 0 Å². The Bertz CT molecular complexity index is 603. The summed E-state index contributed by atoms with van der Waals surface area (Å²) in [5, 5.41) is -0.262. The highest BCUT2D eigenvalue weighted by Crippen LogP contribution is 2.35. The van der Waals surface area contributed by atoms with Crippen molar-refractivity contribution in [3.63, 3.8) is 0 Å². The largest absolute Gasteiger partial charge is 0.373 e. The Balaban J connectivity index is 1.70. The lowest BCUT2D eigenvalue weighted by molar-refractivity contribution is -0.00158. The number of likely N-dealkylation sites (tertiary alicyclic amines) is 1. The van der Waals surface area contributed by atoms with Gasteiger partial charge in [-0.15, -0.1) is 0 Å². The summed E-state index contributed by atoms with van der Waals surface area (Å²) < 4.78 is 30.8. The molecule has 2 aliphatic rings. The van der Waals surface area contributed by atoms with Crippen LogP contribution in [0, 0.1) is 5.92 Å². The van der Waals surface area contributed by atoms with Gasteiger partial charge in [0.1, 0.15) is 0 Å². The Morgan fingerprint density at radius 1 is 1.41 bits per heavy atom. The average Bonchev–Trinajstić information content (AvgIpc) is 2.95. The molecule has 5 nitrogen and oxygen atoms in total. The van der Waals surface area contributed by atoms with Crippen LogP contribution in [0.5, 0.6) is 0 Å². The number of sulfone groups is 1. The summed E-state index contributed by atoms with van der Waals surface area (Å²) >= 11 is 0. The highest BCUT2D eigenvalue weighted by atomic mass is 32.2. The monoisotopic (exact) mass is 324 g/mol. The zero-order valence-electron chi connectivity index (χ0n) is 13.2. The molecule has 2 fully saturated rings. The van der Waals surface area contributed by atoms with Crippen LogP contribution in [0.25, 0.3) is 0 Å². The molecule has 3 heterocycles. The molecule has 1 aromatic rings. The minimum atomic E-state index is -2.98. The van der Waals surface area contributed by atoms with Gasteiger partial charge in [-0.25, -0.2) is 8.42 Å². The lowest BCUT2D eigenvalue weighted by Crippen LogP contribution is -2.44. The maximum Gasteiger partial charge on any atom is 0.154 e. The van der Waals surface area contributed by atoms with E-state index in [1.54, 1.807) is 12.4 Å². The van der Waals surface area contributed by atoms with E-state index in [1.807, 2.05) is 12.1 Å². The van der Waals surface area contributed by atoms with Crippen LogP contribution in [-0.4, -0.2) is 54.5 Å². The predicted octanol–water partition coefficient (Wildman–Crippen LogP) is 1.49. The smallest absolute Gasteiger partial charge is 0.154 e. The van der Waals surface area contributed by atoms with Gasteiger partial charge in [0.2, 0.25) is 0 Å². The topological polar surface area (TPSA) is 59.5 Å². The zero-order valence-corrected chi connectivity index (χ0v) is 14.0. The SMILES string of the molecule is CC(C)N1C[C@@H]2[C@@H](OCc3cccnc3)CCS(=O)(=O)[C@@H]2C1. The molecular formula is C16H24N2O3S. The molecule has 6 heteroatoms. The van der Waals surface area contributed by atoms with Crippen molar-refractivity contribution in [3.05, 3.63) is 30.1 Å². The lowest BCUT2D eigenvalue weighted by Gasteiger charge is -2.32. The van der Waals surface area contributed by atoms with E-state index >= 15 is 0 Å². The summed E-state index contributed by atoms with van der Waals surface area (Å²) in [5.74, 6) is 0.343. The second-order valence-electron chi connectivity index (χ2n) is 6.62. The second-order valence-corrected chi connectivity index (χ2v) is 8.96. The van der Waals surface area contributed by atoms with Gasteiger partial charge in [-0.05, 0) is 31.9 Å². The van der Waals surface area contributed by atoms with Crippen LogP contribution in [0.3, 0.4) is 0 Å². The van der Waals surface area contributed by atoms with Gasteiger partial charge in [0.05, 0.1) is 23.7 Å². The number of pyridine rings is 1. The van der Waals surface area contributed by atoms with Crippen LogP contribution in [0.15, 0.2) is 24.5 Å². The number of ether oxygens (including phenoxy) is 1. The maximum atomic E-state index is 12.4. The van der Waals surface area contributed by atoms with E-state index < -0.39 is 9.84 Å². The summed E-state index contributed by atoms with van der Waals surface area (Å²) in [5.41, 5.74) is 1.03. The molecule has 3 rings (SSSR count). The molecular weight excluding hydrogens is 300 g/mol. The van der Waals surface area contributed by atoms with Crippen molar-refractivity contribution in [1.82, 2.24) is 9.88 Å². The summed E-state index contributed by atoms with van der Waals surface area (Å²) in [6.07, 6.45) is 4.17. The number of fused-ring (bicyclic) bond motifs is 1. The lowest BCUT2D eigenvalue weighted by atomic mass is 9.98. The van der Waals surface area contributed by atoms with E-state index in [1.165, 1.54) is 0 Å². The Kier molecular flexibility index (Phi) is 4.52. The van der Waals surface area contributed by atoms with Crippen molar-refractivity contribution >= 4 is 9.84 Å². The number of hydrogen-bond acceptors (Lipinski definition) is 5. The van der Waals surface area contributed by atoms with Crippen molar-refractivity contribution in [2.75, 3.05) is 18.8 Å². The molecule has 1 aromatic heterocycles. The van der Waals surface area contributed by atoms with Gasteiger partial charge < -0.3 is 4.74 Å². The van der Waals surface area contributed by atoms with Gasteiger partial charge in [0, 0.05) is 37.4 Å². The maximum absolute atomic E-state index is 12.4. The average molecular weight is 324 g/mol. The van der Waals surface area contributed by atoms with E-state index in [0.717, 1.165) is 12.1 Å². The van der Waals surface area contributed by atoms with Crippen LogP contribution >= 0.6 is 0 Å². The van der Waals surface area contributed by atoms with Crippen LogP contribution in [0.2, 0.25) is 0 Å². The Morgan fingerprint density at radius 2 is 2.23 bits per heavy atom. The van der Waals surface area contributed by atoms with Crippen molar-refractivity contribution in [3.8, 4) is 0 Å². The molecule has 0 amide bonds. The van der Waals surface area contributed by atoms with E-state index in [2.05, 4.69) is 23.7 Å². The van der Waals surface area contributed by atoms with Crippen molar-refractivity contribution in [1.29, 1.82) is 0 Å². The van der Waals surface area contributed by atoms with Gasteiger partial charge in [0.25, 0.3) is 0 Å². The van der Waals surface area contributed by atoms with Gasteiger partial charge in [0.15, 0.2) is 9.84 Å². The summed E-state index contributed by atoms with van der Waals surface area (Å²) in [6, 6.07) is 4.25. The van der Waals surface area contributed by atoms with E-state index in [-0.39, 0.29) is 23.0 Å². The molecule has 0 spiro atoms. The molecule has 0 bridgehead atoms. The Hall–Kier alpha value is -0.980. The number of hydrogen-bond donors (Lipinski definition) is 0. The first kappa shape index (κ1) is 15.9. The van der Waals surface area contributed by atoms with E-state index in [4.69, 9.17) is 4.74 Å². The third kappa shape index (κ3) is 3.19. The first-order valence-electron chi connectivity index (χ1n) is 7.93.